The maximum absolute atomic E-state index is 13.1. The molecule has 0 aromatic rings. The molecule has 6 heteroatoms. The Kier molecular flexibility index (Phi) is 12.2. The molecule has 0 bridgehead atoms. The Labute approximate surface area is 242 Å². The summed E-state index contributed by atoms with van der Waals surface area (Å²) in [5, 5.41) is 0. The largest absolute Gasteiger partial charge is 0.462 e. The molecule has 0 amide bonds. The molecule has 39 heavy (non-hydrogen) atoms. The van der Waals surface area contributed by atoms with Gasteiger partial charge in [0.15, 0.2) is 0 Å². The van der Waals surface area contributed by atoms with Crippen LogP contribution < -0.4 is 0 Å². The molecular formula is C33H53ClO5. The molecule has 0 radical (unpaired) electrons. The van der Waals surface area contributed by atoms with Crippen LogP contribution in [0.2, 0.25) is 0 Å². The van der Waals surface area contributed by atoms with Gasteiger partial charge in [-0.1, -0.05) is 26.3 Å². The molecule has 0 N–H and O–H groups in total. The van der Waals surface area contributed by atoms with Crippen molar-refractivity contribution < 1.29 is 23.8 Å². The summed E-state index contributed by atoms with van der Waals surface area (Å²) in [6, 6.07) is 0. The highest BCUT2D eigenvalue weighted by atomic mass is 35.5. The molecule has 6 atom stereocenters. The van der Waals surface area contributed by atoms with Gasteiger partial charge in [0.05, 0.1) is 24.9 Å². The van der Waals surface area contributed by atoms with Gasteiger partial charge in [0.25, 0.3) is 0 Å². The number of ketones is 1. The Morgan fingerprint density at radius 3 is 2.00 bits per heavy atom. The Morgan fingerprint density at radius 2 is 1.41 bits per heavy atom. The molecule has 4 saturated carbocycles. The van der Waals surface area contributed by atoms with Gasteiger partial charge in [-0.05, 0) is 107 Å². The maximum atomic E-state index is 13.1. The Bertz CT molecular complexity index is 785. The van der Waals surface area contributed by atoms with Crippen LogP contribution in [0, 0.1) is 41.4 Å². The molecule has 0 aromatic carbocycles. The van der Waals surface area contributed by atoms with Crippen molar-refractivity contribution in [2.24, 2.45) is 41.4 Å². The average Bonchev–Trinajstić information content (AvgIpc) is 2.97. The molecule has 4 fully saturated rings. The fourth-order valence-electron chi connectivity index (χ4n) is 8.25. The summed E-state index contributed by atoms with van der Waals surface area (Å²) in [7, 11) is 1.77. The third kappa shape index (κ3) is 8.79. The number of carbonyl (C=O) groups is 2. The van der Waals surface area contributed by atoms with Crippen LogP contribution in [0.1, 0.15) is 103 Å². The fraction of sp³-hybridized carbons (Fsp3) is 0.879. The minimum absolute atomic E-state index is 0.162. The monoisotopic (exact) mass is 564 g/mol. The predicted octanol–water partition coefficient (Wildman–Crippen LogP) is 7.53. The van der Waals surface area contributed by atoms with Crippen LogP contribution in [0.25, 0.3) is 0 Å². The molecular weight excluding hydrogens is 512 g/mol. The lowest BCUT2D eigenvalue weighted by Gasteiger charge is -2.41. The van der Waals surface area contributed by atoms with Crippen LogP contribution in [-0.2, 0) is 23.8 Å². The number of hydrogen-bond acceptors (Lipinski definition) is 5. The second-order valence-electron chi connectivity index (χ2n) is 13.4. The first kappa shape index (κ1) is 31.0. The topological polar surface area (TPSA) is 61.8 Å². The number of esters is 1. The van der Waals surface area contributed by atoms with Crippen molar-refractivity contribution in [3.63, 3.8) is 0 Å². The quantitative estimate of drug-likeness (QED) is 0.147. The number of halogens is 1. The summed E-state index contributed by atoms with van der Waals surface area (Å²) in [6.45, 7) is 6.24. The SMILES string of the molecule is C=CC(=O)OCC1CC(CC2CCC(OC3CCC(C(=O)C4CCC(C)CC4)CC3)C(CCl)C2)CCC1OC. The Morgan fingerprint density at radius 1 is 0.821 bits per heavy atom. The summed E-state index contributed by atoms with van der Waals surface area (Å²) < 4.78 is 17.8. The van der Waals surface area contributed by atoms with E-state index in [-0.39, 0.29) is 36.1 Å². The van der Waals surface area contributed by atoms with Crippen molar-refractivity contribution in [3.05, 3.63) is 12.7 Å². The van der Waals surface area contributed by atoms with Crippen molar-refractivity contribution >= 4 is 23.4 Å². The summed E-state index contributed by atoms with van der Waals surface area (Å²) in [5.74, 6) is 4.23. The first-order valence-corrected chi connectivity index (χ1v) is 16.5. The number of carbonyl (C=O) groups excluding carboxylic acids is 2. The van der Waals surface area contributed by atoms with Gasteiger partial charge in [0, 0.05) is 36.8 Å². The summed E-state index contributed by atoms with van der Waals surface area (Å²) in [5.41, 5.74) is 0. The van der Waals surface area contributed by atoms with E-state index in [4.69, 9.17) is 25.8 Å². The molecule has 0 saturated heterocycles. The van der Waals surface area contributed by atoms with E-state index in [1.165, 1.54) is 38.2 Å². The van der Waals surface area contributed by atoms with Gasteiger partial charge < -0.3 is 14.2 Å². The molecule has 222 valence electrons. The summed E-state index contributed by atoms with van der Waals surface area (Å²) in [4.78, 5) is 24.7. The van der Waals surface area contributed by atoms with Crippen LogP contribution in [0.5, 0.6) is 0 Å². The average molecular weight is 565 g/mol. The molecule has 6 unspecified atom stereocenters. The summed E-state index contributed by atoms with van der Waals surface area (Å²) in [6.07, 6.45) is 18.5. The highest BCUT2D eigenvalue weighted by Crippen LogP contribution is 2.42. The minimum atomic E-state index is -0.353. The first-order chi connectivity index (χ1) is 18.9. The van der Waals surface area contributed by atoms with Gasteiger partial charge in [0.2, 0.25) is 0 Å². The third-order valence-electron chi connectivity index (χ3n) is 10.7. The van der Waals surface area contributed by atoms with Gasteiger partial charge in [0.1, 0.15) is 5.78 Å². The van der Waals surface area contributed by atoms with Crippen LogP contribution in [-0.4, -0.2) is 49.7 Å². The number of hydrogen-bond donors (Lipinski definition) is 0. The van der Waals surface area contributed by atoms with Crippen molar-refractivity contribution in [2.75, 3.05) is 19.6 Å². The molecule has 0 heterocycles. The number of ether oxygens (including phenoxy) is 3. The smallest absolute Gasteiger partial charge is 0.330 e. The van der Waals surface area contributed by atoms with Crippen molar-refractivity contribution in [2.45, 2.75) is 122 Å². The van der Waals surface area contributed by atoms with E-state index in [1.807, 2.05) is 0 Å². The minimum Gasteiger partial charge on any atom is -0.462 e. The van der Waals surface area contributed by atoms with Crippen LogP contribution >= 0.6 is 11.6 Å². The zero-order valence-corrected chi connectivity index (χ0v) is 25.3. The van der Waals surface area contributed by atoms with Gasteiger partial charge in [-0.3, -0.25) is 4.79 Å². The van der Waals surface area contributed by atoms with Gasteiger partial charge >= 0.3 is 5.97 Å². The lowest BCUT2D eigenvalue weighted by atomic mass is 9.71. The molecule has 0 aliphatic heterocycles. The molecule has 4 aliphatic carbocycles. The van der Waals surface area contributed by atoms with Crippen LogP contribution in [0.15, 0.2) is 12.7 Å². The highest BCUT2D eigenvalue weighted by Gasteiger charge is 2.38. The Balaban J connectivity index is 1.19. The van der Waals surface area contributed by atoms with Crippen LogP contribution in [0.4, 0.5) is 0 Å². The van der Waals surface area contributed by atoms with Crippen molar-refractivity contribution in [3.8, 4) is 0 Å². The molecule has 0 aromatic heterocycles. The zero-order valence-electron chi connectivity index (χ0n) is 24.5. The molecule has 4 aliphatic rings. The van der Waals surface area contributed by atoms with Crippen molar-refractivity contribution in [1.29, 1.82) is 0 Å². The highest BCUT2D eigenvalue weighted by molar-refractivity contribution is 6.18. The standard InChI is InChI=1S/C33H53ClO5/c1-4-32(35)38-21-28-19-24(7-15-30(28)37-3)17-23-8-16-31(27(18-23)20-34)39-29-13-11-26(12-14-29)33(36)25-9-5-22(2)6-10-25/h4,22-31H,1,5-21H2,2-3H3. The van der Waals surface area contributed by atoms with E-state index in [0.717, 1.165) is 70.1 Å². The fourth-order valence-corrected chi connectivity index (χ4v) is 8.58. The van der Waals surface area contributed by atoms with E-state index in [2.05, 4.69) is 13.5 Å². The second kappa shape index (κ2) is 15.4. The normalized spacial score (nSPS) is 39.6. The number of Topliss-reactive ketones (excluding diaryl/α,β-unsaturated/α-hetero) is 1. The lowest BCUT2D eigenvalue weighted by molar-refractivity contribution is -0.141. The van der Waals surface area contributed by atoms with Crippen LogP contribution in [0.3, 0.4) is 0 Å². The van der Waals surface area contributed by atoms with Crippen molar-refractivity contribution in [1.82, 2.24) is 0 Å². The number of methoxy groups -OCH3 is 1. The van der Waals surface area contributed by atoms with E-state index < -0.39 is 0 Å². The predicted molar refractivity (Wildman–Crippen MR) is 156 cm³/mol. The number of rotatable bonds is 11. The van der Waals surface area contributed by atoms with E-state index in [0.29, 0.717) is 41.9 Å². The van der Waals surface area contributed by atoms with Gasteiger partial charge in [-0.2, -0.15) is 0 Å². The van der Waals surface area contributed by atoms with Gasteiger partial charge in [-0.25, -0.2) is 4.79 Å². The van der Waals surface area contributed by atoms with E-state index >= 15 is 0 Å². The Hall–Kier alpha value is -0.910. The zero-order chi connectivity index (χ0) is 27.8. The number of alkyl halides is 1. The lowest BCUT2D eigenvalue weighted by Crippen LogP contribution is -2.39. The third-order valence-corrected chi connectivity index (χ3v) is 11.1. The van der Waals surface area contributed by atoms with E-state index in [1.54, 1.807) is 7.11 Å². The maximum Gasteiger partial charge on any atom is 0.330 e. The molecule has 0 spiro atoms. The molecule has 4 rings (SSSR count). The second-order valence-corrected chi connectivity index (χ2v) is 13.7. The van der Waals surface area contributed by atoms with E-state index in [9.17, 15) is 9.59 Å². The first-order valence-electron chi connectivity index (χ1n) is 16.0. The summed E-state index contributed by atoms with van der Waals surface area (Å²) >= 11 is 6.51. The molecule has 5 nitrogen and oxygen atoms in total. The van der Waals surface area contributed by atoms with Gasteiger partial charge in [-0.15, -0.1) is 11.6 Å².